The van der Waals surface area contributed by atoms with E-state index in [-0.39, 0.29) is 29.8 Å². The van der Waals surface area contributed by atoms with Gasteiger partial charge in [-0.15, -0.1) is 0 Å². The van der Waals surface area contributed by atoms with Crippen LogP contribution in [0.15, 0.2) is 36.9 Å². The highest BCUT2D eigenvalue weighted by molar-refractivity contribution is 5.84. The van der Waals surface area contributed by atoms with Crippen LogP contribution < -0.4 is 9.47 Å². The highest BCUT2D eigenvalue weighted by atomic mass is 19.1. The molecule has 36 heavy (non-hydrogen) atoms. The molecule has 4 aromatic rings. The zero-order chi connectivity index (χ0) is 25.1. The normalized spacial score (nSPS) is 15.9. The third-order valence-electron chi connectivity index (χ3n) is 6.38. The number of nitrogens with zero attached hydrogens (tertiary/aromatic N) is 3. The van der Waals surface area contributed by atoms with Crippen LogP contribution in [0.1, 0.15) is 30.4 Å². The molecule has 4 heterocycles. The molecule has 0 aliphatic carbocycles. The molecule has 1 aliphatic heterocycles. The summed E-state index contributed by atoms with van der Waals surface area (Å²) in [5.41, 5.74) is 2.91. The predicted octanol–water partition coefficient (Wildman–Crippen LogP) is 4.86. The van der Waals surface area contributed by atoms with Crippen molar-refractivity contribution in [2.45, 2.75) is 38.5 Å². The molecule has 1 fully saturated rings. The van der Waals surface area contributed by atoms with Crippen molar-refractivity contribution in [3.8, 4) is 22.6 Å². The molecular formula is C26H28F2N4O4. The highest BCUT2D eigenvalue weighted by Crippen LogP contribution is 2.34. The van der Waals surface area contributed by atoms with E-state index in [0.717, 1.165) is 42.4 Å². The summed E-state index contributed by atoms with van der Waals surface area (Å²) in [4.78, 5) is 7.57. The Hall–Kier alpha value is -3.50. The minimum Gasteiger partial charge on any atom is -0.494 e. The molecule has 0 spiro atoms. The molecule has 0 bridgehead atoms. The lowest BCUT2D eigenvalue weighted by atomic mass is 10.0. The third kappa shape index (κ3) is 4.91. The van der Waals surface area contributed by atoms with E-state index in [2.05, 4.69) is 15.1 Å². The molecule has 0 saturated carbocycles. The number of nitrogens with one attached hydrogen (secondary N) is 1. The van der Waals surface area contributed by atoms with Crippen molar-refractivity contribution in [1.82, 2.24) is 19.7 Å². The van der Waals surface area contributed by atoms with Gasteiger partial charge in [-0.1, -0.05) is 0 Å². The quantitative estimate of drug-likeness (QED) is 0.355. The number of hydrogen-bond acceptors (Lipinski definition) is 6. The van der Waals surface area contributed by atoms with Crippen molar-refractivity contribution in [3.63, 3.8) is 0 Å². The van der Waals surface area contributed by atoms with Crippen LogP contribution in [-0.2, 0) is 22.4 Å². The van der Waals surface area contributed by atoms with Gasteiger partial charge < -0.3 is 23.9 Å². The van der Waals surface area contributed by atoms with Gasteiger partial charge in [-0.05, 0) is 30.9 Å². The summed E-state index contributed by atoms with van der Waals surface area (Å²) in [5, 5.41) is 5.19. The van der Waals surface area contributed by atoms with Gasteiger partial charge in [0.25, 0.3) is 0 Å². The lowest BCUT2D eigenvalue weighted by Gasteiger charge is -2.22. The number of halogens is 2. The molecule has 0 radical (unpaired) electrons. The molecule has 190 valence electrons. The number of fused-ring (bicyclic) bond motifs is 1. The summed E-state index contributed by atoms with van der Waals surface area (Å²) in [6.45, 7) is 1.85. The van der Waals surface area contributed by atoms with Gasteiger partial charge in [-0.2, -0.15) is 5.10 Å². The second-order valence-corrected chi connectivity index (χ2v) is 8.66. The van der Waals surface area contributed by atoms with Gasteiger partial charge in [-0.25, -0.2) is 13.8 Å². The maximum atomic E-state index is 14.9. The summed E-state index contributed by atoms with van der Waals surface area (Å²) in [6, 6.07) is 3.14. The zero-order valence-corrected chi connectivity index (χ0v) is 20.2. The van der Waals surface area contributed by atoms with E-state index < -0.39 is 11.6 Å². The van der Waals surface area contributed by atoms with Gasteiger partial charge in [0.2, 0.25) is 0 Å². The van der Waals surface area contributed by atoms with E-state index in [0.29, 0.717) is 24.4 Å². The van der Waals surface area contributed by atoms with Crippen molar-refractivity contribution >= 4 is 11.0 Å². The molecule has 0 amide bonds. The van der Waals surface area contributed by atoms with Crippen molar-refractivity contribution < 1.29 is 27.7 Å². The fourth-order valence-electron chi connectivity index (χ4n) is 4.40. The lowest BCUT2D eigenvalue weighted by Crippen LogP contribution is -2.24. The minimum absolute atomic E-state index is 0.00377. The van der Waals surface area contributed by atoms with Crippen molar-refractivity contribution in [3.05, 3.63) is 59.7 Å². The Morgan fingerprint density at radius 2 is 1.89 bits per heavy atom. The number of H-pyrrole nitrogens is 1. The number of methoxy groups -OCH3 is 2. The third-order valence-corrected chi connectivity index (χ3v) is 6.38. The first kappa shape index (κ1) is 24.2. The standard InChI is InChI=1S/C26H28F2N4O4/c1-33-21-11-22(34-2)25(28)20(24(21)27)10-17-13-30-26-19(17)9-16(12-29-26)18-14-31-32(15-18)6-8-36-23-5-3-4-7-35-23/h9,11-15,23H,3-8,10H2,1-2H3,(H,29,30). The Bertz CT molecular complexity index is 1320. The van der Waals surface area contributed by atoms with E-state index in [1.807, 2.05) is 16.9 Å². The van der Waals surface area contributed by atoms with Gasteiger partial charge >= 0.3 is 0 Å². The van der Waals surface area contributed by atoms with Crippen LogP contribution in [0, 0.1) is 11.6 Å². The van der Waals surface area contributed by atoms with Gasteiger partial charge in [0, 0.05) is 59.8 Å². The van der Waals surface area contributed by atoms with Crippen LogP contribution in [0.3, 0.4) is 0 Å². The first-order valence-corrected chi connectivity index (χ1v) is 11.9. The summed E-state index contributed by atoms with van der Waals surface area (Å²) >= 11 is 0. The maximum absolute atomic E-state index is 14.9. The largest absolute Gasteiger partial charge is 0.494 e. The second-order valence-electron chi connectivity index (χ2n) is 8.66. The van der Waals surface area contributed by atoms with Crippen LogP contribution >= 0.6 is 0 Å². The Labute approximate surface area is 207 Å². The topological polar surface area (TPSA) is 83.4 Å². The van der Waals surface area contributed by atoms with Crippen molar-refractivity contribution in [2.24, 2.45) is 0 Å². The monoisotopic (exact) mass is 498 g/mol. The van der Waals surface area contributed by atoms with Gasteiger partial charge in [-0.3, -0.25) is 4.68 Å². The van der Waals surface area contributed by atoms with Crippen molar-refractivity contribution in [2.75, 3.05) is 27.4 Å². The first-order chi connectivity index (χ1) is 17.6. The van der Waals surface area contributed by atoms with E-state index in [1.165, 1.54) is 20.3 Å². The Morgan fingerprint density at radius 1 is 1.08 bits per heavy atom. The number of benzene rings is 1. The molecule has 1 saturated heterocycles. The molecule has 1 atom stereocenters. The number of pyridine rings is 1. The number of rotatable bonds is 9. The number of hydrogen-bond donors (Lipinski definition) is 1. The number of aromatic amines is 1. The zero-order valence-electron chi connectivity index (χ0n) is 20.2. The van der Waals surface area contributed by atoms with Gasteiger partial charge in [0.1, 0.15) is 5.65 Å². The van der Waals surface area contributed by atoms with Crippen molar-refractivity contribution in [1.29, 1.82) is 0 Å². The second kappa shape index (κ2) is 10.6. The number of aromatic nitrogens is 4. The predicted molar refractivity (Wildman–Crippen MR) is 129 cm³/mol. The summed E-state index contributed by atoms with van der Waals surface area (Å²) in [7, 11) is 2.66. The van der Waals surface area contributed by atoms with Crippen LogP contribution in [0.2, 0.25) is 0 Å². The highest BCUT2D eigenvalue weighted by Gasteiger charge is 2.22. The van der Waals surface area contributed by atoms with Crippen LogP contribution in [0.5, 0.6) is 11.5 Å². The fraction of sp³-hybridized carbons (Fsp3) is 0.385. The molecule has 8 nitrogen and oxygen atoms in total. The van der Waals surface area contributed by atoms with Crippen LogP contribution in [-0.4, -0.2) is 53.5 Å². The fourth-order valence-corrected chi connectivity index (χ4v) is 4.40. The SMILES string of the molecule is COc1cc(OC)c(F)c(Cc2c[nH]c3ncc(-c4cnn(CCOC5CCCCO5)c4)cc23)c1F. The Morgan fingerprint density at radius 3 is 2.61 bits per heavy atom. The average molecular weight is 499 g/mol. The van der Waals surface area contributed by atoms with Crippen LogP contribution in [0.4, 0.5) is 8.78 Å². The van der Waals surface area contributed by atoms with Gasteiger partial charge in [0.15, 0.2) is 29.4 Å². The van der Waals surface area contributed by atoms with Gasteiger partial charge in [0.05, 0.1) is 33.6 Å². The molecule has 10 heteroatoms. The number of ether oxygens (including phenoxy) is 4. The lowest BCUT2D eigenvalue weighted by molar-refractivity contribution is -0.163. The summed E-state index contributed by atoms with van der Waals surface area (Å²) in [6.07, 6.45) is 10.1. The summed E-state index contributed by atoms with van der Waals surface area (Å²) < 4.78 is 53.2. The Kier molecular flexibility index (Phi) is 7.15. The van der Waals surface area contributed by atoms with Crippen LogP contribution in [0.25, 0.3) is 22.2 Å². The molecule has 1 aliphatic rings. The molecule has 3 aromatic heterocycles. The van der Waals surface area contributed by atoms with E-state index in [4.69, 9.17) is 18.9 Å². The maximum Gasteiger partial charge on any atom is 0.171 e. The van der Waals surface area contributed by atoms with E-state index in [9.17, 15) is 8.78 Å². The molecule has 1 unspecified atom stereocenters. The smallest absolute Gasteiger partial charge is 0.171 e. The molecular weight excluding hydrogens is 470 g/mol. The summed E-state index contributed by atoms with van der Waals surface area (Å²) in [5.74, 6) is -1.66. The Balaban J connectivity index is 1.35. The average Bonchev–Trinajstić information content (AvgIpc) is 3.54. The molecule has 1 N–H and O–H groups in total. The molecule has 1 aromatic carbocycles. The minimum atomic E-state index is -0.753. The van der Waals surface area contributed by atoms with E-state index >= 15 is 0 Å². The first-order valence-electron chi connectivity index (χ1n) is 11.9. The molecule has 5 rings (SSSR count). The van der Waals surface area contributed by atoms with E-state index in [1.54, 1.807) is 18.6 Å².